The van der Waals surface area contributed by atoms with Gasteiger partial charge in [-0.25, -0.2) is 9.97 Å². The Hall–Kier alpha value is -2.93. The van der Waals surface area contributed by atoms with E-state index < -0.39 is 0 Å². The zero-order chi connectivity index (χ0) is 16.4. The van der Waals surface area contributed by atoms with Crippen molar-refractivity contribution in [1.82, 2.24) is 9.97 Å². The highest BCUT2D eigenvalue weighted by atomic mass is 16.5. The molecule has 7 heteroatoms. The molecule has 1 aromatic carbocycles. The van der Waals surface area contributed by atoms with Crippen molar-refractivity contribution in [1.29, 1.82) is 0 Å². The molecule has 1 amide bonds. The first-order chi connectivity index (χ1) is 11.8. The summed E-state index contributed by atoms with van der Waals surface area (Å²) in [7, 11) is 0. The Morgan fingerprint density at radius 1 is 1.12 bits per heavy atom. The molecular weight excluding hydrogens is 308 g/mol. The number of fused-ring (bicyclic) bond motifs is 1. The Kier molecular flexibility index (Phi) is 3.84. The Morgan fingerprint density at radius 3 is 2.79 bits per heavy atom. The van der Waals surface area contributed by atoms with Crippen LogP contribution in [0.5, 0.6) is 0 Å². The van der Waals surface area contributed by atoms with Gasteiger partial charge >= 0.3 is 0 Å². The second kappa shape index (κ2) is 6.29. The lowest BCUT2D eigenvalue weighted by molar-refractivity contribution is 0.0998. The van der Waals surface area contributed by atoms with E-state index in [1.165, 1.54) is 6.33 Å². The van der Waals surface area contributed by atoms with Gasteiger partial charge in [-0.05, 0) is 12.1 Å². The number of morpholine rings is 1. The van der Waals surface area contributed by atoms with Crippen LogP contribution in [0.25, 0.3) is 11.0 Å². The first kappa shape index (κ1) is 14.6. The molecule has 1 aliphatic rings. The van der Waals surface area contributed by atoms with Crippen LogP contribution in [0.3, 0.4) is 0 Å². The maximum atomic E-state index is 12.4. The molecule has 3 aromatic rings. The summed E-state index contributed by atoms with van der Waals surface area (Å²) >= 11 is 0. The van der Waals surface area contributed by atoms with E-state index in [1.807, 2.05) is 24.3 Å². The molecule has 0 saturated carbocycles. The van der Waals surface area contributed by atoms with E-state index in [0.29, 0.717) is 24.6 Å². The fourth-order valence-electron chi connectivity index (χ4n) is 2.65. The first-order valence-electron chi connectivity index (χ1n) is 7.74. The van der Waals surface area contributed by atoms with Crippen molar-refractivity contribution in [2.75, 3.05) is 36.5 Å². The van der Waals surface area contributed by atoms with Crippen LogP contribution >= 0.6 is 0 Å². The van der Waals surface area contributed by atoms with Crippen LogP contribution < -0.4 is 10.2 Å². The highest BCUT2D eigenvalue weighted by Crippen LogP contribution is 2.20. The molecule has 1 aliphatic heterocycles. The van der Waals surface area contributed by atoms with Gasteiger partial charge in [0.15, 0.2) is 5.76 Å². The monoisotopic (exact) mass is 324 g/mol. The Balaban J connectivity index is 1.52. The largest absolute Gasteiger partial charge is 0.451 e. The van der Waals surface area contributed by atoms with Crippen LogP contribution in [0.1, 0.15) is 10.6 Å². The summed E-state index contributed by atoms with van der Waals surface area (Å²) in [5.74, 6) is 1.13. The summed E-state index contributed by atoms with van der Waals surface area (Å²) in [5.41, 5.74) is 0.680. The molecule has 7 nitrogen and oxygen atoms in total. The van der Waals surface area contributed by atoms with Crippen LogP contribution in [0.4, 0.5) is 11.6 Å². The van der Waals surface area contributed by atoms with Gasteiger partial charge in [0.25, 0.3) is 5.91 Å². The van der Waals surface area contributed by atoms with E-state index in [-0.39, 0.29) is 11.7 Å². The number of benzene rings is 1. The molecule has 2 aromatic heterocycles. The van der Waals surface area contributed by atoms with Crippen molar-refractivity contribution in [2.24, 2.45) is 0 Å². The minimum atomic E-state index is -0.335. The van der Waals surface area contributed by atoms with Gasteiger partial charge in [-0.1, -0.05) is 18.2 Å². The van der Waals surface area contributed by atoms with Crippen molar-refractivity contribution in [3.63, 3.8) is 0 Å². The fourth-order valence-corrected chi connectivity index (χ4v) is 2.65. The van der Waals surface area contributed by atoms with Gasteiger partial charge in [-0.3, -0.25) is 4.79 Å². The van der Waals surface area contributed by atoms with E-state index in [9.17, 15) is 4.79 Å². The van der Waals surface area contributed by atoms with E-state index in [4.69, 9.17) is 9.15 Å². The molecule has 3 heterocycles. The summed E-state index contributed by atoms with van der Waals surface area (Å²) < 4.78 is 10.9. The molecule has 1 N–H and O–H groups in total. The van der Waals surface area contributed by atoms with Crippen LogP contribution in [0.15, 0.2) is 47.1 Å². The molecular formula is C17H16N4O3. The van der Waals surface area contributed by atoms with Gasteiger partial charge in [0, 0.05) is 24.5 Å². The summed E-state index contributed by atoms with van der Waals surface area (Å²) in [6.45, 7) is 2.89. The fraction of sp³-hybridized carbons (Fsp3) is 0.235. The van der Waals surface area contributed by atoms with Crippen molar-refractivity contribution < 1.29 is 13.9 Å². The quantitative estimate of drug-likeness (QED) is 0.796. The zero-order valence-electron chi connectivity index (χ0n) is 12.9. The number of furan rings is 1. The van der Waals surface area contributed by atoms with Gasteiger partial charge in [0.2, 0.25) is 0 Å². The number of nitrogens with one attached hydrogen (secondary N) is 1. The van der Waals surface area contributed by atoms with Crippen LogP contribution in [-0.4, -0.2) is 42.2 Å². The first-order valence-corrected chi connectivity index (χ1v) is 7.74. The highest BCUT2D eigenvalue weighted by molar-refractivity contribution is 6.04. The maximum Gasteiger partial charge on any atom is 0.292 e. The second-order valence-corrected chi connectivity index (χ2v) is 5.46. The average Bonchev–Trinajstić information content (AvgIpc) is 3.07. The lowest BCUT2D eigenvalue weighted by Gasteiger charge is -2.27. The molecule has 1 saturated heterocycles. The number of nitrogens with zero attached hydrogens (tertiary/aromatic N) is 3. The average molecular weight is 324 g/mol. The number of carbonyl (C=O) groups excluding carboxylic acids is 1. The molecule has 0 bridgehead atoms. The predicted octanol–water partition coefficient (Wildman–Crippen LogP) is 2.31. The number of aromatic nitrogens is 2. The van der Waals surface area contributed by atoms with Crippen LogP contribution in [0, 0.1) is 0 Å². The van der Waals surface area contributed by atoms with Gasteiger partial charge < -0.3 is 19.4 Å². The molecule has 0 unspecified atom stereocenters. The number of anilines is 2. The normalized spacial score (nSPS) is 14.8. The van der Waals surface area contributed by atoms with E-state index in [0.717, 1.165) is 24.3 Å². The molecule has 0 spiro atoms. The van der Waals surface area contributed by atoms with Gasteiger partial charge in [0.1, 0.15) is 23.5 Å². The minimum Gasteiger partial charge on any atom is -0.451 e. The second-order valence-electron chi connectivity index (χ2n) is 5.46. The third kappa shape index (κ3) is 2.93. The number of carbonyl (C=O) groups is 1. The van der Waals surface area contributed by atoms with Crippen molar-refractivity contribution >= 4 is 28.5 Å². The lowest BCUT2D eigenvalue weighted by Crippen LogP contribution is -2.36. The van der Waals surface area contributed by atoms with E-state index in [1.54, 1.807) is 12.1 Å². The third-order valence-electron chi connectivity index (χ3n) is 3.88. The number of hydrogen-bond donors (Lipinski definition) is 1. The van der Waals surface area contributed by atoms with Crippen molar-refractivity contribution in [2.45, 2.75) is 0 Å². The number of hydrogen-bond acceptors (Lipinski definition) is 6. The molecule has 0 atom stereocenters. The van der Waals surface area contributed by atoms with Crippen molar-refractivity contribution in [3.8, 4) is 0 Å². The molecule has 0 radical (unpaired) electrons. The molecule has 4 rings (SSSR count). The molecule has 0 aliphatic carbocycles. The highest BCUT2D eigenvalue weighted by Gasteiger charge is 2.16. The molecule has 24 heavy (non-hydrogen) atoms. The number of ether oxygens (including phenoxy) is 1. The summed E-state index contributed by atoms with van der Waals surface area (Å²) in [5, 5.41) is 3.65. The maximum absolute atomic E-state index is 12.4. The standard InChI is InChI=1S/C17H16N4O3/c22-17(14-9-12-3-1-2-4-13(12)24-14)20-15-10-16(19-11-18-15)21-5-7-23-8-6-21/h1-4,9-11H,5-8H2,(H,18,19,20,22). The zero-order valence-corrected chi connectivity index (χ0v) is 12.9. The Morgan fingerprint density at radius 2 is 1.96 bits per heavy atom. The van der Waals surface area contributed by atoms with E-state index in [2.05, 4.69) is 20.2 Å². The molecule has 122 valence electrons. The van der Waals surface area contributed by atoms with Crippen molar-refractivity contribution in [3.05, 3.63) is 48.5 Å². The van der Waals surface area contributed by atoms with Gasteiger partial charge in [-0.2, -0.15) is 0 Å². The topological polar surface area (TPSA) is 80.5 Å². The number of para-hydroxylation sites is 1. The molecule has 1 fully saturated rings. The summed E-state index contributed by atoms with van der Waals surface area (Å²) in [6, 6.07) is 11.0. The van der Waals surface area contributed by atoms with Crippen LogP contribution in [-0.2, 0) is 4.74 Å². The van der Waals surface area contributed by atoms with Gasteiger partial charge in [0.05, 0.1) is 13.2 Å². The van der Waals surface area contributed by atoms with E-state index >= 15 is 0 Å². The predicted molar refractivity (Wildman–Crippen MR) is 89.2 cm³/mol. The lowest BCUT2D eigenvalue weighted by atomic mass is 10.2. The van der Waals surface area contributed by atoms with Gasteiger partial charge in [-0.15, -0.1) is 0 Å². The number of rotatable bonds is 3. The Labute approximate surface area is 138 Å². The number of amides is 1. The minimum absolute atomic E-state index is 0.253. The Bertz CT molecular complexity index is 838. The third-order valence-corrected chi connectivity index (χ3v) is 3.88. The summed E-state index contributed by atoms with van der Waals surface area (Å²) in [6.07, 6.45) is 1.44. The summed E-state index contributed by atoms with van der Waals surface area (Å²) in [4.78, 5) is 22.8. The smallest absolute Gasteiger partial charge is 0.292 e. The van der Waals surface area contributed by atoms with Crippen LogP contribution in [0.2, 0.25) is 0 Å². The SMILES string of the molecule is O=C(Nc1cc(N2CCOCC2)ncn1)c1cc2ccccc2o1.